The summed E-state index contributed by atoms with van der Waals surface area (Å²) in [6.07, 6.45) is 3.05. The van der Waals surface area contributed by atoms with Crippen molar-refractivity contribution in [1.82, 2.24) is 0 Å². The van der Waals surface area contributed by atoms with E-state index in [-0.39, 0.29) is 29.9 Å². The lowest BCUT2D eigenvalue weighted by Crippen LogP contribution is -2.21. The van der Waals surface area contributed by atoms with E-state index < -0.39 is 0 Å². The third-order valence-corrected chi connectivity index (χ3v) is 4.14. The highest BCUT2D eigenvalue weighted by Crippen LogP contribution is 2.43. The van der Waals surface area contributed by atoms with E-state index in [2.05, 4.69) is 6.58 Å². The van der Waals surface area contributed by atoms with E-state index in [4.69, 9.17) is 9.47 Å². The fourth-order valence-electron chi connectivity index (χ4n) is 3.11. The van der Waals surface area contributed by atoms with Gasteiger partial charge in [-0.3, -0.25) is 4.79 Å². The van der Waals surface area contributed by atoms with Gasteiger partial charge in [0.2, 0.25) is 0 Å². The second-order valence-corrected chi connectivity index (χ2v) is 5.34. The summed E-state index contributed by atoms with van der Waals surface area (Å²) in [5.41, 5.74) is 1.50. The molecule has 1 unspecified atom stereocenters. The van der Waals surface area contributed by atoms with Crippen LogP contribution in [-0.4, -0.2) is 18.0 Å². The molecule has 0 N–H and O–H groups in total. The summed E-state index contributed by atoms with van der Waals surface area (Å²) in [4.78, 5) is 23.4. The monoisotopic (exact) mass is 248 g/mol. The molecule has 3 rings (SSSR count). The first-order valence-corrected chi connectivity index (χ1v) is 6.39. The highest BCUT2D eigenvalue weighted by molar-refractivity contribution is 5.93. The number of hydrogen-bond donors (Lipinski definition) is 0. The smallest absolute Gasteiger partial charge is 0.339 e. The van der Waals surface area contributed by atoms with E-state index in [1.165, 1.54) is 0 Å². The van der Waals surface area contributed by atoms with Crippen molar-refractivity contribution < 1.29 is 19.1 Å². The Labute approximate surface area is 106 Å². The standard InChI is InChI=1S/C14H16O4/c1-7-4-3-5-9-6-10(17-14(9)16)11-8(2)13(15)18-12(7)11/h9-11H,2-6H2,1H3/b12-7+/t9?,10-,11-/m1/s1. The summed E-state index contributed by atoms with van der Waals surface area (Å²) in [5, 5.41) is 0. The zero-order chi connectivity index (χ0) is 12.9. The van der Waals surface area contributed by atoms with E-state index in [9.17, 15) is 9.59 Å². The van der Waals surface area contributed by atoms with E-state index in [1.807, 2.05) is 6.92 Å². The molecule has 4 nitrogen and oxygen atoms in total. The third-order valence-electron chi connectivity index (χ3n) is 4.14. The summed E-state index contributed by atoms with van der Waals surface area (Å²) >= 11 is 0. The number of esters is 2. The Balaban J connectivity index is 2.03. The van der Waals surface area contributed by atoms with Crippen LogP contribution in [0.4, 0.5) is 0 Å². The Bertz CT molecular complexity index is 474. The molecule has 3 atom stereocenters. The lowest BCUT2D eigenvalue weighted by Gasteiger charge is -2.18. The minimum absolute atomic E-state index is 0.0225. The summed E-state index contributed by atoms with van der Waals surface area (Å²) in [7, 11) is 0. The van der Waals surface area contributed by atoms with Gasteiger partial charge in [-0.25, -0.2) is 4.79 Å². The molecule has 0 amide bonds. The second-order valence-electron chi connectivity index (χ2n) is 5.34. The van der Waals surface area contributed by atoms with Crippen LogP contribution in [0.5, 0.6) is 0 Å². The van der Waals surface area contributed by atoms with Crippen LogP contribution in [0.3, 0.4) is 0 Å². The average Bonchev–Trinajstić information content (AvgIpc) is 2.82. The van der Waals surface area contributed by atoms with Crippen molar-refractivity contribution in [1.29, 1.82) is 0 Å². The molecule has 3 aliphatic rings. The molecule has 0 aromatic heterocycles. The Morgan fingerprint density at radius 1 is 1.33 bits per heavy atom. The Morgan fingerprint density at radius 2 is 2.11 bits per heavy atom. The zero-order valence-corrected chi connectivity index (χ0v) is 10.4. The number of carbonyl (C=O) groups is 2. The van der Waals surface area contributed by atoms with E-state index in [0.717, 1.165) is 24.8 Å². The SMILES string of the molecule is C=C1C(=O)O/C2=C(\C)CCCC3C[C@@H](OC3=O)[C@@H]12. The lowest BCUT2D eigenvalue weighted by atomic mass is 9.89. The first kappa shape index (κ1) is 11.5. The van der Waals surface area contributed by atoms with Crippen LogP contribution >= 0.6 is 0 Å². The average molecular weight is 248 g/mol. The summed E-state index contributed by atoms with van der Waals surface area (Å²) < 4.78 is 10.7. The topological polar surface area (TPSA) is 52.6 Å². The number of carbonyl (C=O) groups excluding carboxylic acids is 2. The van der Waals surface area contributed by atoms with Crippen LogP contribution in [0.1, 0.15) is 32.6 Å². The van der Waals surface area contributed by atoms with Gasteiger partial charge in [0.25, 0.3) is 0 Å². The number of hydrogen-bond acceptors (Lipinski definition) is 4. The molecular weight excluding hydrogens is 232 g/mol. The maximum Gasteiger partial charge on any atom is 0.339 e. The number of allylic oxidation sites excluding steroid dienone is 1. The molecule has 1 aliphatic carbocycles. The van der Waals surface area contributed by atoms with Crippen LogP contribution in [-0.2, 0) is 19.1 Å². The normalized spacial score (nSPS) is 39.6. The Morgan fingerprint density at radius 3 is 2.89 bits per heavy atom. The van der Waals surface area contributed by atoms with Gasteiger partial charge in [0, 0.05) is 5.57 Å². The Kier molecular flexibility index (Phi) is 2.54. The minimum Gasteiger partial charge on any atom is -0.461 e. The highest BCUT2D eigenvalue weighted by atomic mass is 16.6. The quantitative estimate of drug-likeness (QED) is 0.486. The number of rotatable bonds is 0. The van der Waals surface area contributed by atoms with E-state index in [1.54, 1.807) is 0 Å². The molecule has 18 heavy (non-hydrogen) atoms. The molecule has 0 saturated carbocycles. The lowest BCUT2D eigenvalue weighted by molar-refractivity contribution is -0.145. The molecule has 2 fully saturated rings. The maximum absolute atomic E-state index is 11.7. The van der Waals surface area contributed by atoms with Crippen molar-refractivity contribution in [3.8, 4) is 0 Å². The molecule has 4 heteroatoms. The predicted octanol–water partition coefficient (Wildman–Crippen LogP) is 2.11. The van der Waals surface area contributed by atoms with Crippen molar-refractivity contribution in [2.75, 3.05) is 0 Å². The number of fused-ring (bicyclic) bond motifs is 4. The van der Waals surface area contributed by atoms with Crippen molar-refractivity contribution in [3.63, 3.8) is 0 Å². The largest absolute Gasteiger partial charge is 0.461 e. The maximum atomic E-state index is 11.7. The molecule has 0 aromatic carbocycles. The van der Waals surface area contributed by atoms with Gasteiger partial charge in [0.15, 0.2) is 0 Å². The van der Waals surface area contributed by atoms with Gasteiger partial charge in [-0.05, 0) is 38.2 Å². The molecule has 2 bridgehead atoms. The first-order valence-electron chi connectivity index (χ1n) is 6.39. The second kappa shape index (κ2) is 3.97. The van der Waals surface area contributed by atoms with Gasteiger partial charge in [0.05, 0.1) is 11.8 Å². The van der Waals surface area contributed by atoms with E-state index >= 15 is 0 Å². The van der Waals surface area contributed by atoms with E-state index in [0.29, 0.717) is 17.8 Å². The number of ether oxygens (including phenoxy) is 2. The Hall–Kier alpha value is -1.58. The fourth-order valence-corrected chi connectivity index (χ4v) is 3.11. The van der Waals surface area contributed by atoms with Crippen molar-refractivity contribution in [2.24, 2.45) is 11.8 Å². The van der Waals surface area contributed by atoms with Gasteiger partial charge >= 0.3 is 11.9 Å². The van der Waals surface area contributed by atoms with Gasteiger partial charge < -0.3 is 9.47 Å². The van der Waals surface area contributed by atoms with Crippen LogP contribution in [0.25, 0.3) is 0 Å². The van der Waals surface area contributed by atoms with Gasteiger partial charge in [-0.15, -0.1) is 0 Å². The molecule has 0 spiro atoms. The van der Waals surface area contributed by atoms with Gasteiger partial charge in [0.1, 0.15) is 11.9 Å². The zero-order valence-electron chi connectivity index (χ0n) is 10.4. The molecule has 0 aromatic rings. The van der Waals surface area contributed by atoms with Crippen LogP contribution < -0.4 is 0 Å². The van der Waals surface area contributed by atoms with Gasteiger partial charge in [-0.1, -0.05) is 6.58 Å². The first-order chi connectivity index (χ1) is 8.58. The van der Waals surface area contributed by atoms with Gasteiger partial charge in [-0.2, -0.15) is 0 Å². The minimum atomic E-state index is -0.380. The van der Waals surface area contributed by atoms with Crippen molar-refractivity contribution in [3.05, 3.63) is 23.5 Å². The molecular formula is C14H16O4. The molecule has 2 saturated heterocycles. The third kappa shape index (κ3) is 1.59. The fraction of sp³-hybridized carbons (Fsp3) is 0.571. The van der Waals surface area contributed by atoms with Crippen molar-refractivity contribution in [2.45, 2.75) is 38.7 Å². The van der Waals surface area contributed by atoms with Crippen LogP contribution in [0.15, 0.2) is 23.5 Å². The highest BCUT2D eigenvalue weighted by Gasteiger charge is 2.48. The summed E-state index contributed by atoms with van der Waals surface area (Å²) in [6.45, 7) is 5.78. The van der Waals surface area contributed by atoms with Crippen LogP contribution in [0.2, 0.25) is 0 Å². The molecule has 2 aliphatic heterocycles. The predicted molar refractivity (Wildman–Crippen MR) is 63.3 cm³/mol. The summed E-state index contributed by atoms with van der Waals surface area (Å²) in [6, 6.07) is 0. The van der Waals surface area contributed by atoms with Crippen molar-refractivity contribution >= 4 is 11.9 Å². The molecule has 0 radical (unpaired) electrons. The summed E-state index contributed by atoms with van der Waals surface area (Å²) in [5.74, 6) is -0.124. The molecule has 2 heterocycles. The molecule has 96 valence electrons. The van der Waals surface area contributed by atoms with Crippen LogP contribution in [0, 0.1) is 11.8 Å².